The molecule has 0 aliphatic carbocycles. The first-order valence-corrected chi connectivity index (χ1v) is 9.20. The van der Waals surface area contributed by atoms with Crippen LogP contribution in [0.4, 0.5) is 15.9 Å². The van der Waals surface area contributed by atoms with E-state index in [4.69, 9.17) is 4.74 Å². The molecule has 28 heavy (non-hydrogen) atoms. The number of benzene rings is 1. The summed E-state index contributed by atoms with van der Waals surface area (Å²) < 4.78 is 19.3. The third-order valence-electron chi connectivity index (χ3n) is 5.03. The van der Waals surface area contributed by atoms with Crippen molar-refractivity contribution in [2.75, 3.05) is 42.6 Å². The van der Waals surface area contributed by atoms with Gasteiger partial charge in [-0.3, -0.25) is 9.59 Å². The molecule has 1 fully saturated rings. The zero-order valence-corrected chi connectivity index (χ0v) is 15.2. The van der Waals surface area contributed by atoms with E-state index in [1.807, 2.05) is 4.90 Å². The summed E-state index contributed by atoms with van der Waals surface area (Å²) in [6.45, 7) is 1.67. The number of anilines is 2. The summed E-state index contributed by atoms with van der Waals surface area (Å²) in [4.78, 5) is 35.2. The molecule has 0 saturated carbocycles. The fraction of sp³-hybridized carbons (Fsp3) is 0.421. The number of aliphatic hydroxyl groups excluding tert-OH is 1. The molecule has 2 aromatic rings. The Balaban J connectivity index is 1.53. The van der Waals surface area contributed by atoms with Gasteiger partial charge in [-0.1, -0.05) is 6.07 Å². The number of hydrogen-bond acceptors (Lipinski definition) is 6. The zero-order chi connectivity index (χ0) is 19.7. The minimum Gasteiger partial charge on any atom is -0.394 e. The molecule has 2 aliphatic heterocycles. The van der Waals surface area contributed by atoms with Gasteiger partial charge in [0, 0.05) is 37.0 Å². The van der Waals surface area contributed by atoms with Crippen molar-refractivity contribution in [2.24, 2.45) is 0 Å². The molecule has 148 valence electrons. The Morgan fingerprint density at radius 1 is 1.39 bits per heavy atom. The van der Waals surface area contributed by atoms with Crippen LogP contribution in [0.3, 0.4) is 0 Å². The Kier molecular flexibility index (Phi) is 5.10. The summed E-state index contributed by atoms with van der Waals surface area (Å²) in [5, 5.41) is 9.29. The quantitative estimate of drug-likeness (QED) is 0.779. The Labute approximate surface area is 160 Å². The molecular weight excluding hydrogens is 367 g/mol. The summed E-state index contributed by atoms with van der Waals surface area (Å²) in [6, 6.07) is 6.06. The summed E-state index contributed by atoms with van der Waals surface area (Å²) in [7, 11) is 0. The minimum atomic E-state index is -0.354. The number of halogens is 1. The third kappa shape index (κ3) is 3.63. The maximum absolute atomic E-state index is 13.9. The third-order valence-corrected chi connectivity index (χ3v) is 5.03. The fourth-order valence-electron chi connectivity index (χ4n) is 3.67. The summed E-state index contributed by atoms with van der Waals surface area (Å²) in [5.74, 6) is 0.137. The van der Waals surface area contributed by atoms with Crippen LogP contribution in [-0.2, 0) is 22.4 Å². The van der Waals surface area contributed by atoms with Crippen LogP contribution in [0.15, 0.2) is 29.1 Å². The lowest BCUT2D eigenvalue weighted by Gasteiger charge is -2.32. The number of ether oxygens (including phenoxy) is 1. The highest BCUT2D eigenvalue weighted by molar-refractivity contribution is 5.96. The molecule has 0 radical (unpaired) electrons. The van der Waals surface area contributed by atoms with Gasteiger partial charge in [-0.25, -0.2) is 9.37 Å². The molecule has 9 heteroatoms. The Morgan fingerprint density at radius 3 is 3.07 bits per heavy atom. The fourth-order valence-corrected chi connectivity index (χ4v) is 3.67. The standard InChI is InChI=1S/C19H21FN4O4/c20-14-2-1-3-15-13(14)4-5-24(15)19(27)8-16-21-17(9-18(26)22-16)23-6-7-28-12(10-23)11-25/h1-3,9,12,25H,4-8,10-11H2,(H,21,22,26). The van der Waals surface area contributed by atoms with E-state index in [9.17, 15) is 19.1 Å². The van der Waals surface area contributed by atoms with Crippen LogP contribution in [0.5, 0.6) is 0 Å². The predicted molar refractivity (Wildman–Crippen MR) is 100 cm³/mol. The second kappa shape index (κ2) is 7.69. The van der Waals surface area contributed by atoms with Crippen LogP contribution in [0.2, 0.25) is 0 Å². The Hall–Kier alpha value is -2.78. The number of aliphatic hydroxyl groups is 1. The van der Waals surface area contributed by atoms with E-state index in [1.165, 1.54) is 17.0 Å². The second-order valence-corrected chi connectivity index (χ2v) is 6.88. The lowest BCUT2D eigenvalue weighted by atomic mass is 10.1. The number of aromatic nitrogens is 2. The maximum atomic E-state index is 13.9. The van der Waals surface area contributed by atoms with E-state index in [0.717, 1.165) is 0 Å². The summed E-state index contributed by atoms with van der Waals surface area (Å²) >= 11 is 0. The van der Waals surface area contributed by atoms with Crippen molar-refractivity contribution in [1.82, 2.24) is 9.97 Å². The first kappa shape index (κ1) is 18.6. The molecule has 1 aromatic heterocycles. The zero-order valence-electron chi connectivity index (χ0n) is 15.2. The number of carbonyl (C=O) groups is 1. The topological polar surface area (TPSA) is 98.8 Å². The number of fused-ring (bicyclic) bond motifs is 1. The summed E-state index contributed by atoms with van der Waals surface area (Å²) in [6.07, 6.45) is 0.0387. The van der Waals surface area contributed by atoms with Crippen LogP contribution in [0.1, 0.15) is 11.4 Å². The number of hydrogen-bond donors (Lipinski definition) is 2. The molecule has 1 saturated heterocycles. The van der Waals surface area contributed by atoms with Gasteiger partial charge in [0.05, 0.1) is 25.7 Å². The predicted octanol–water partition coefficient (Wildman–Crippen LogP) is 0.238. The maximum Gasteiger partial charge on any atom is 0.252 e. The Bertz CT molecular complexity index is 948. The number of rotatable bonds is 4. The molecule has 1 unspecified atom stereocenters. The smallest absolute Gasteiger partial charge is 0.252 e. The van der Waals surface area contributed by atoms with Gasteiger partial charge >= 0.3 is 0 Å². The first-order valence-electron chi connectivity index (χ1n) is 9.20. The number of carbonyl (C=O) groups excluding carboxylic acids is 1. The monoisotopic (exact) mass is 388 g/mol. The molecule has 0 spiro atoms. The largest absolute Gasteiger partial charge is 0.394 e. The second-order valence-electron chi connectivity index (χ2n) is 6.88. The normalized spacial score (nSPS) is 19.0. The van der Waals surface area contributed by atoms with Gasteiger partial charge in [0.25, 0.3) is 5.56 Å². The number of nitrogens with zero attached hydrogens (tertiary/aromatic N) is 3. The van der Waals surface area contributed by atoms with E-state index >= 15 is 0 Å². The van der Waals surface area contributed by atoms with Crippen molar-refractivity contribution in [2.45, 2.75) is 18.9 Å². The van der Waals surface area contributed by atoms with Crippen LogP contribution in [0.25, 0.3) is 0 Å². The van der Waals surface area contributed by atoms with Crippen LogP contribution in [-0.4, -0.2) is 59.9 Å². The summed E-state index contributed by atoms with van der Waals surface area (Å²) in [5.41, 5.74) is 0.754. The number of amides is 1. The van der Waals surface area contributed by atoms with Gasteiger partial charge in [-0.15, -0.1) is 0 Å². The molecule has 1 atom stereocenters. The number of H-pyrrole nitrogens is 1. The van der Waals surface area contributed by atoms with E-state index in [2.05, 4.69) is 9.97 Å². The lowest BCUT2D eigenvalue weighted by molar-refractivity contribution is -0.118. The van der Waals surface area contributed by atoms with Gasteiger partial charge < -0.3 is 24.6 Å². The van der Waals surface area contributed by atoms with Crippen molar-refractivity contribution in [3.63, 3.8) is 0 Å². The SMILES string of the molecule is O=C(Cc1nc(N2CCOC(CO)C2)cc(=O)[nH]1)N1CCc2c(F)cccc21. The minimum absolute atomic E-state index is 0.0905. The highest BCUT2D eigenvalue weighted by Gasteiger charge is 2.27. The molecule has 4 rings (SSSR count). The van der Waals surface area contributed by atoms with Crippen molar-refractivity contribution in [3.05, 3.63) is 51.8 Å². The molecule has 2 aliphatic rings. The van der Waals surface area contributed by atoms with Crippen LogP contribution >= 0.6 is 0 Å². The van der Waals surface area contributed by atoms with E-state index < -0.39 is 0 Å². The van der Waals surface area contributed by atoms with Crippen molar-refractivity contribution in [3.8, 4) is 0 Å². The molecule has 8 nitrogen and oxygen atoms in total. The average Bonchev–Trinajstić information content (AvgIpc) is 3.13. The molecular formula is C19H21FN4O4. The van der Waals surface area contributed by atoms with E-state index in [-0.39, 0.29) is 42.2 Å². The van der Waals surface area contributed by atoms with Gasteiger partial charge in [-0.05, 0) is 18.6 Å². The molecule has 1 aromatic carbocycles. The molecule has 0 bridgehead atoms. The molecule has 2 N–H and O–H groups in total. The van der Waals surface area contributed by atoms with Crippen molar-refractivity contribution in [1.29, 1.82) is 0 Å². The molecule has 1 amide bonds. The average molecular weight is 388 g/mol. The number of nitrogens with one attached hydrogen (secondary N) is 1. The van der Waals surface area contributed by atoms with Crippen molar-refractivity contribution < 1.29 is 19.0 Å². The van der Waals surface area contributed by atoms with Crippen LogP contribution < -0.4 is 15.4 Å². The van der Waals surface area contributed by atoms with E-state index in [1.54, 1.807) is 12.1 Å². The Morgan fingerprint density at radius 2 is 2.25 bits per heavy atom. The lowest BCUT2D eigenvalue weighted by Crippen LogP contribution is -2.45. The van der Waals surface area contributed by atoms with Gasteiger partial charge in [0.15, 0.2) is 0 Å². The molecule has 3 heterocycles. The van der Waals surface area contributed by atoms with Gasteiger partial charge in [0.2, 0.25) is 5.91 Å². The number of aromatic amines is 1. The van der Waals surface area contributed by atoms with Crippen LogP contribution in [0, 0.1) is 5.82 Å². The van der Waals surface area contributed by atoms with Crippen molar-refractivity contribution >= 4 is 17.4 Å². The van der Waals surface area contributed by atoms with Gasteiger partial charge in [0.1, 0.15) is 17.5 Å². The highest BCUT2D eigenvalue weighted by Crippen LogP contribution is 2.30. The number of morpholine rings is 1. The van der Waals surface area contributed by atoms with Gasteiger partial charge in [-0.2, -0.15) is 0 Å². The van der Waals surface area contributed by atoms with E-state index in [0.29, 0.717) is 49.7 Å². The first-order chi connectivity index (χ1) is 13.5. The highest BCUT2D eigenvalue weighted by atomic mass is 19.1.